The molecule has 11 rings (SSSR count). The van der Waals surface area contributed by atoms with Crippen LogP contribution in [0, 0.1) is 12.8 Å². The first kappa shape index (κ1) is 50.0. The van der Waals surface area contributed by atoms with E-state index >= 15 is 0 Å². The van der Waals surface area contributed by atoms with Crippen molar-refractivity contribution in [2.45, 2.75) is 109 Å². The van der Waals surface area contributed by atoms with Gasteiger partial charge in [0.25, 0.3) is 5.91 Å². The first-order chi connectivity index (χ1) is 36.3. The molecule has 3 amide bonds. The highest BCUT2D eigenvalue weighted by molar-refractivity contribution is 7.22. The highest BCUT2D eigenvalue weighted by atomic mass is 32.1. The Morgan fingerprint density at radius 3 is 2.49 bits per heavy atom. The van der Waals surface area contributed by atoms with Gasteiger partial charge in [-0.1, -0.05) is 60.6 Å². The number of carbonyl (C=O) groups excluding carboxylic acids is 3. The number of piperidine rings is 1. The van der Waals surface area contributed by atoms with Gasteiger partial charge in [0.15, 0.2) is 10.8 Å². The molecule has 75 heavy (non-hydrogen) atoms. The highest BCUT2D eigenvalue weighted by Crippen LogP contribution is 2.39. The topological polar surface area (TPSA) is 175 Å². The van der Waals surface area contributed by atoms with E-state index in [0.29, 0.717) is 60.3 Å². The number of carboxylic acid groups (broad SMARTS) is 1. The molecule has 1 saturated carbocycles. The largest absolute Gasteiger partial charge is 0.490 e. The summed E-state index contributed by atoms with van der Waals surface area (Å²) in [5, 5.41) is 22.3. The molecule has 6 heterocycles. The van der Waals surface area contributed by atoms with Gasteiger partial charge in [0.2, 0.25) is 11.8 Å². The molecule has 0 radical (unpaired) electrons. The second-order valence-electron chi connectivity index (χ2n) is 21.5. The quantitative estimate of drug-likeness (QED) is 0.0696. The fourth-order valence-electron chi connectivity index (χ4n) is 12.1. The van der Waals surface area contributed by atoms with Crippen molar-refractivity contribution in [3.63, 3.8) is 0 Å². The molecule has 15 nitrogen and oxygen atoms in total. The minimum absolute atomic E-state index is 0.00474. The smallest absolute Gasteiger partial charge is 0.355 e. The number of ether oxygens (including phenoxy) is 1. The summed E-state index contributed by atoms with van der Waals surface area (Å²) in [5.74, 6) is -0.208. The Labute approximate surface area is 441 Å². The number of pyridine rings is 1. The Morgan fingerprint density at radius 1 is 0.867 bits per heavy atom. The van der Waals surface area contributed by atoms with Crippen LogP contribution in [0.3, 0.4) is 0 Å². The Kier molecular flexibility index (Phi) is 13.9. The molecular weight excluding hydrogens is 963 g/mol. The summed E-state index contributed by atoms with van der Waals surface area (Å²) in [5.41, 5.74) is 8.50. The average molecular weight is 1030 g/mol. The van der Waals surface area contributed by atoms with E-state index in [1.54, 1.807) is 0 Å². The number of anilines is 3. The maximum absolute atomic E-state index is 13.7. The number of nitrogens with zero attached hydrogens (tertiary/aromatic N) is 7. The van der Waals surface area contributed by atoms with Crippen LogP contribution in [-0.4, -0.2) is 97.8 Å². The van der Waals surface area contributed by atoms with Crippen LogP contribution in [0.25, 0.3) is 32.2 Å². The number of thiazole rings is 1. The molecule has 3 fully saturated rings. The Morgan fingerprint density at radius 2 is 1.69 bits per heavy atom. The lowest BCUT2D eigenvalue weighted by Gasteiger charge is -2.48. The molecule has 3 N–H and O–H groups in total. The lowest BCUT2D eigenvalue weighted by molar-refractivity contribution is -0.134. The zero-order chi connectivity index (χ0) is 52.0. The summed E-state index contributed by atoms with van der Waals surface area (Å²) in [4.78, 5) is 67.6. The van der Waals surface area contributed by atoms with E-state index < -0.39 is 11.9 Å². The minimum atomic E-state index is -1.10. The van der Waals surface area contributed by atoms with Gasteiger partial charge in [0, 0.05) is 73.9 Å². The summed E-state index contributed by atoms with van der Waals surface area (Å²) in [7, 11) is 1.92. The lowest BCUT2D eigenvalue weighted by atomic mass is 9.84. The fourth-order valence-corrected chi connectivity index (χ4v) is 12.9. The van der Waals surface area contributed by atoms with Crippen molar-refractivity contribution in [3.8, 4) is 16.9 Å². The molecule has 1 unspecified atom stereocenters. The minimum Gasteiger partial charge on any atom is -0.490 e. The van der Waals surface area contributed by atoms with Crippen molar-refractivity contribution in [1.29, 1.82) is 0 Å². The van der Waals surface area contributed by atoms with Crippen LogP contribution in [-0.2, 0) is 29.6 Å². The number of carbonyl (C=O) groups is 4. The zero-order valence-corrected chi connectivity index (χ0v) is 44.0. The van der Waals surface area contributed by atoms with Gasteiger partial charge in [-0.3, -0.25) is 34.6 Å². The van der Waals surface area contributed by atoms with Gasteiger partial charge in [-0.25, -0.2) is 14.8 Å². The van der Waals surface area contributed by atoms with Crippen LogP contribution in [0.15, 0.2) is 91.0 Å². The fraction of sp³-hybridized carbons (Fsp3) is 0.407. The number of hydrogen-bond donors (Lipinski definition) is 3. The number of imide groups is 1. The van der Waals surface area contributed by atoms with Crippen LogP contribution in [0.4, 0.5) is 16.6 Å². The van der Waals surface area contributed by atoms with Gasteiger partial charge in [0.05, 0.1) is 33.4 Å². The van der Waals surface area contributed by atoms with Crippen LogP contribution in [0.2, 0.25) is 0 Å². The predicted octanol–water partition coefficient (Wildman–Crippen LogP) is 10.3. The van der Waals surface area contributed by atoms with E-state index in [2.05, 4.69) is 68.4 Å². The van der Waals surface area contributed by atoms with Gasteiger partial charge >= 0.3 is 5.97 Å². The molecule has 0 spiro atoms. The van der Waals surface area contributed by atoms with Gasteiger partial charge in [0.1, 0.15) is 11.6 Å². The number of aromatic nitrogens is 4. The van der Waals surface area contributed by atoms with Crippen molar-refractivity contribution in [2.75, 3.05) is 47.8 Å². The summed E-state index contributed by atoms with van der Waals surface area (Å²) < 4.78 is 9.57. The van der Waals surface area contributed by atoms with Crippen molar-refractivity contribution < 1.29 is 29.0 Å². The van der Waals surface area contributed by atoms with Crippen molar-refractivity contribution in [3.05, 3.63) is 125 Å². The molecule has 1 aliphatic carbocycles. The van der Waals surface area contributed by atoms with Crippen molar-refractivity contribution in [2.24, 2.45) is 13.0 Å². The highest BCUT2D eigenvalue weighted by Gasteiger charge is 2.35. The molecule has 1 atom stereocenters. The third-order valence-corrected chi connectivity index (χ3v) is 17.2. The summed E-state index contributed by atoms with van der Waals surface area (Å²) >= 11 is 1.44. The molecule has 3 aromatic heterocycles. The van der Waals surface area contributed by atoms with E-state index in [4.69, 9.17) is 14.8 Å². The number of piperazine rings is 1. The van der Waals surface area contributed by atoms with Crippen molar-refractivity contribution in [1.82, 2.24) is 30.0 Å². The second kappa shape index (κ2) is 20.9. The molecule has 2 saturated heterocycles. The lowest BCUT2D eigenvalue weighted by Crippen LogP contribution is -2.59. The number of carboxylic acids is 1. The Bertz CT molecular complexity index is 3310. The van der Waals surface area contributed by atoms with Crippen LogP contribution in [0.5, 0.6) is 5.75 Å². The number of amides is 3. The van der Waals surface area contributed by atoms with E-state index in [-0.39, 0.29) is 35.1 Å². The van der Waals surface area contributed by atoms with Gasteiger partial charge in [-0.2, -0.15) is 5.10 Å². The molecule has 3 aliphatic heterocycles. The maximum Gasteiger partial charge on any atom is 0.355 e. The Balaban J connectivity index is 0.661. The number of para-hydroxylation sites is 1. The SMILES string of the molecule is Cc1c(OC2CCC(CCCCN3CCN(c4ccc5c(C6CCC(=O)NC6=O)nn(C)c5c4)CC3(C)C)CC2)cccc1-c1ccc(N2CCc3cccc(C(=O)Nc4nc5ccccc5s4)c3C2)nc1C(=O)O. The second-order valence-corrected chi connectivity index (χ2v) is 22.6. The molecule has 16 heteroatoms. The normalized spacial score (nSPS) is 20.0. The first-order valence-corrected chi connectivity index (χ1v) is 27.4. The third-order valence-electron chi connectivity index (χ3n) is 16.3. The average Bonchev–Trinajstić information content (AvgIpc) is 3.97. The number of hydrogen-bond acceptors (Lipinski definition) is 12. The predicted molar refractivity (Wildman–Crippen MR) is 294 cm³/mol. The van der Waals surface area contributed by atoms with Crippen LogP contribution < -0.4 is 25.2 Å². The standard InChI is InChI=1S/C59H65N9O6S/c1-36-41(42-24-26-51(61-54(42)57(72)73)66-30-28-38-12-9-14-43(46(38)34-66)55(70)63-58-60-47-15-5-6-17-50(47)75-58)13-10-16-49(36)74-40-21-18-37(19-22-40)11-7-8-29-68-32-31-67(35-59(68,2)3)39-20-23-44-48(33-39)65(4)64-53(44)45-25-27-52(69)62-56(45)71/h5-6,9-10,12-17,20,23-24,26,33,37,40,45H,7-8,11,18-19,21-22,25,27-32,34-35H2,1-4H3,(H,72,73)(H,60,63,70)(H,62,69,71). The molecule has 388 valence electrons. The zero-order valence-electron chi connectivity index (χ0n) is 43.2. The van der Waals surface area contributed by atoms with E-state index in [1.807, 2.05) is 85.4 Å². The van der Waals surface area contributed by atoms with Crippen LogP contribution in [0.1, 0.15) is 121 Å². The number of rotatable bonds is 14. The summed E-state index contributed by atoms with van der Waals surface area (Å²) in [6.07, 6.45) is 9.45. The van der Waals surface area contributed by atoms with Gasteiger partial charge in [-0.15, -0.1) is 0 Å². The molecular formula is C59H65N9O6S. The van der Waals surface area contributed by atoms with Crippen molar-refractivity contribution >= 4 is 72.8 Å². The van der Waals surface area contributed by atoms with Crippen LogP contribution >= 0.6 is 11.3 Å². The number of aromatic carboxylic acids is 1. The number of fused-ring (bicyclic) bond motifs is 3. The molecule has 0 bridgehead atoms. The molecule has 4 aliphatic rings. The first-order valence-electron chi connectivity index (χ1n) is 26.6. The number of aryl methyl sites for hydroxylation is 1. The third kappa shape index (κ3) is 10.3. The summed E-state index contributed by atoms with van der Waals surface area (Å²) in [6, 6.07) is 29.7. The monoisotopic (exact) mass is 1030 g/mol. The van der Waals surface area contributed by atoms with E-state index in [1.165, 1.54) is 30.6 Å². The van der Waals surface area contributed by atoms with Gasteiger partial charge in [-0.05, 0) is 155 Å². The molecule has 4 aromatic carbocycles. The van der Waals surface area contributed by atoms with E-state index in [9.17, 15) is 24.3 Å². The maximum atomic E-state index is 13.7. The summed E-state index contributed by atoms with van der Waals surface area (Å²) in [6.45, 7) is 11.7. The Hall–Kier alpha value is -7.17. The number of nitrogens with one attached hydrogen (secondary N) is 2. The van der Waals surface area contributed by atoms with E-state index in [0.717, 1.165) is 112 Å². The molecule has 7 aromatic rings. The number of unbranched alkanes of at least 4 members (excludes halogenated alkanes) is 1. The number of benzene rings is 4. The van der Waals surface area contributed by atoms with Gasteiger partial charge < -0.3 is 19.6 Å².